The number of hydrogen-bond acceptors (Lipinski definition) is 7. The molecule has 0 atom stereocenters. The molecule has 0 spiro atoms. The number of benzene rings is 1. The van der Waals surface area contributed by atoms with Crippen molar-refractivity contribution >= 4 is 34.5 Å². The second-order valence-electron chi connectivity index (χ2n) is 6.60. The number of rotatable bonds is 7. The van der Waals surface area contributed by atoms with Gasteiger partial charge in [0.15, 0.2) is 10.8 Å². The summed E-state index contributed by atoms with van der Waals surface area (Å²) in [6, 6.07) is 9.83. The van der Waals surface area contributed by atoms with Gasteiger partial charge in [0.2, 0.25) is 6.41 Å². The van der Waals surface area contributed by atoms with Crippen LogP contribution in [-0.2, 0) is 20.8 Å². The van der Waals surface area contributed by atoms with Crippen LogP contribution in [-0.4, -0.2) is 58.8 Å². The van der Waals surface area contributed by atoms with E-state index >= 15 is 0 Å². The Labute approximate surface area is 166 Å². The van der Waals surface area contributed by atoms with Gasteiger partial charge >= 0.3 is 0 Å². The summed E-state index contributed by atoms with van der Waals surface area (Å²) in [5.74, 6) is -0.313. The molecule has 8 nitrogen and oxygen atoms in total. The van der Waals surface area contributed by atoms with Crippen molar-refractivity contribution in [2.75, 3.05) is 25.5 Å². The number of carbonyl (C=O) groups is 2. The van der Waals surface area contributed by atoms with Crippen LogP contribution in [0, 0.1) is 0 Å². The number of likely N-dealkylation sites (tertiary alicyclic amines) is 1. The van der Waals surface area contributed by atoms with Crippen LogP contribution in [0.1, 0.15) is 24.1 Å². The first kappa shape index (κ1) is 20.0. The van der Waals surface area contributed by atoms with Crippen molar-refractivity contribution in [2.45, 2.75) is 24.9 Å². The Balaban J connectivity index is 1.66. The van der Waals surface area contributed by atoms with Crippen molar-refractivity contribution in [3.05, 3.63) is 47.0 Å². The Morgan fingerprint density at radius 1 is 1.39 bits per heavy atom. The summed E-state index contributed by atoms with van der Waals surface area (Å²) < 4.78 is 0. The number of carbonyl (C=O) groups excluding carboxylic acids is 2. The standard InChI is InChI=1S/C19H22N4O4S/c1-27-22-16(15-12-28-18(21-15)20-13-24)17(25)23-9-7-19(26,8-10-23)11-14-5-3-2-4-6-14/h2-6,12-13,26H,7-11H2,1H3,(H,20,21,24)/b22-16+. The number of nitrogens with one attached hydrogen (secondary N) is 1. The van der Waals surface area contributed by atoms with E-state index in [4.69, 9.17) is 4.84 Å². The fourth-order valence-corrected chi connectivity index (χ4v) is 3.87. The SMILES string of the molecule is CO/N=C(/C(=O)N1CCC(O)(Cc2ccccc2)CC1)c1csc(NC=O)n1. The molecule has 28 heavy (non-hydrogen) atoms. The third-order valence-corrected chi connectivity index (χ3v) is 5.45. The highest BCUT2D eigenvalue weighted by Gasteiger charge is 2.35. The highest BCUT2D eigenvalue weighted by Crippen LogP contribution is 2.27. The van der Waals surface area contributed by atoms with Gasteiger partial charge < -0.3 is 20.2 Å². The third-order valence-electron chi connectivity index (χ3n) is 4.67. The van der Waals surface area contributed by atoms with E-state index in [9.17, 15) is 14.7 Å². The van der Waals surface area contributed by atoms with E-state index in [-0.39, 0.29) is 11.6 Å². The van der Waals surface area contributed by atoms with Crippen LogP contribution >= 0.6 is 11.3 Å². The molecule has 1 saturated heterocycles. The molecule has 0 unspecified atom stereocenters. The molecular weight excluding hydrogens is 380 g/mol. The lowest BCUT2D eigenvalue weighted by Gasteiger charge is -2.38. The molecule has 1 aliphatic rings. The van der Waals surface area contributed by atoms with E-state index in [1.165, 1.54) is 18.4 Å². The summed E-state index contributed by atoms with van der Waals surface area (Å²) >= 11 is 1.19. The predicted molar refractivity (Wildman–Crippen MR) is 106 cm³/mol. The van der Waals surface area contributed by atoms with Gasteiger partial charge in [-0.15, -0.1) is 11.3 Å². The number of nitrogens with zero attached hydrogens (tertiary/aromatic N) is 3. The topological polar surface area (TPSA) is 104 Å². The zero-order chi connectivity index (χ0) is 20.0. The second-order valence-corrected chi connectivity index (χ2v) is 7.46. The van der Waals surface area contributed by atoms with Crippen molar-refractivity contribution in [1.29, 1.82) is 0 Å². The zero-order valence-electron chi connectivity index (χ0n) is 15.5. The van der Waals surface area contributed by atoms with Crippen molar-refractivity contribution in [3.8, 4) is 0 Å². The molecule has 0 saturated carbocycles. The highest BCUT2D eigenvalue weighted by atomic mass is 32.1. The number of oxime groups is 1. The number of piperidine rings is 1. The minimum absolute atomic E-state index is 0.0752. The molecule has 2 N–H and O–H groups in total. The minimum atomic E-state index is -0.835. The largest absolute Gasteiger partial charge is 0.398 e. The summed E-state index contributed by atoms with van der Waals surface area (Å²) in [6.45, 7) is 0.822. The summed E-state index contributed by atoms with van der Waals surface area (Å²) in [5, 5.41) is 19.2. The molecule has 0 radical (unpaired) electrons. The van der Waals surface area contributed by atoms with Crippen LogP contribution in [0.2, 0.25) is 0 Å². The van der Waals surface area contributed by atoms with Crippen molar-refractivity contribution in [2.24, 2.45) is 5.16 Å². The molecule has 1 aromatic heterocycles. The maximum atomic E-state index is 12.9. The molecule has 1 aromatic carbocycles. The predicted octanol–water partition coefficient (Wildman–Crippen LogP) is 1.66. The average Bonchev–Trinajstić information content (AvgIpc) is 3.15. The second kappa shape index (κ2) is 8.94. The lowest BCUT2D eigenvalue weighted by molar-refractivity contribution is -0.128. The number of hydrogen-bond donors (Lipinski definition) is 2. The third kappa shape index (κ3) is 4.73. The first-order valence-corrected chi connectivity index (χ1v) is 9.75. The fourth-order valence-electron chi connectivity index (χ4n) is 3.21. The molecule has 3 rings (SSSR count). The number of aliphatic hydroxyl groups is 1. The molecule has 148 valence electrons. The molecule has 2 aromatic rings. The Kier molecular flexibility index (Phi) is 6.37. The van der Waals surface area contributed by atoms with Crippen molar-refractivity contribution < 1.29 is 19.5 Å². The smallest absolute Gasteiger partial charge is 0.278 e. The van der Waals surface area contributed by atoms with Crippen LogP contribution in [0.15, 0.2) is 40.9 Å². The molecular formula is C19H22N4O4S. The molecule has 2 heterocycles. The number of amides is 2. The monoisotopic (exact) mass is 402 g/mol. The van der Waals surface area contributed by atoms with Crippen LogP contribution in [0.25, 0.3) is 0 Å². The van der Waals surface area contributed by atoms with E-state index in [0.29, 0.717) is 49.6 Å². The van der Waals surface area contributed by atoms with E-state index < -0.39 is 5.60 Å². The zero-order valence-corrected chi connectivity index (χ0v) is 16.3. The molecule has 0 bridgehead atoms. The van der Waals surface area contributed by atoms with Gasteiger partial charge in [-0.3, -0.25) is 9.59 Å². The lowest BCUT2D eigenvalue weighted by Crippen LogP contribution is -2.49. The van der Waals surface area contributed by atoms with Crippen LogP contribution in [0.4, 0.5) is 5.13 Å². The van der Waals surface area contributed by atoms with Crippen molar-refractivity contribution in [1.82, 2.24) is 9.88 Å². The number of aromatic nitrogens is 1. The summed E-state index contributed by atoms with van der Waals surface area (Å²) in [5.41, 5.74) is 0.653. The molecule has 9 heteroatoms. The Hall–Kier alpha value is -2.78. The van der Waals surface area contributed by atoms with E-state index in [1.807, 2.05) is 30.3 Å². The van der Waals surface area contributed by atoms with Gasteiger partial charge in [-0.1, -0.05) is 35.5 Å². The van der Waals surface area contributed by atoms with Crippen LogP contribution in [0.5, 0.6) is 0 Å². The average molecular weight is 402 g/mol. The van der Waals surface area contributed by atoms with Gasteiger partial charge in [0, 0.05) is 24.9 Å². The highest BCUT2D eigenvalue weighted by molar-refractivity contribution is 7.14. The Bertz CT molecular complexity index is 845. The van der Waals surface area contributed by atoms with Gasteiger partial charge in [0.1, 0.15) is 12.8 Å². The van der Waals surface area contributed by atoms with Gasteiger partial charge in [0.05, 0.1) is 5.60 Å². The maximum absolute atomic E-state index is 12.9. The van der Waals surface area contributed by atoms with Crippen LogP contribution < -0.4 is 5.32 Å². The number of anilines is 1. The first-order valence-electron chi connectivity index (χ1n) is 8.87. The van der Waals surface area contributed by atoms with E-state index in [0.717, 1.165) is 5.56 Å². The molecule has 0 aliphatic carbocycles. The Morgan fingerprint density at radius 2 is 2.11 bits per heavy atom. The summed E-state index contributed by atoms with van der Waals surface area (Å²) in [4.78, 5) is 34.1. The van der Waals surface area contributed by atoms with Gasteiger partial charge in [0.25, 0.3) is 5.91 Å². The van der Waals surface area contributed by atoms with Crippen molar-refractivity contribution in [3.63, 3.8) is 0 Å². The van der Waals surface area contributed by atoms with E-state index in [2.05, 4.69) is 15.5 Å². The Morgan fingerprint density at radius 3 is 2.75 bits per heavy atom. The fraction of sp³-hybridized carbons (Fsp3) is 0.368. The molecule has 2 amide bonds. The quantitative estimate of drug-likeness (QED) is 0.416. The van der Waals surface area contributed by atoms with Gasteiger partial charge in [-0.25, -0.2) is 4.98 Å². The summed E-state index contributed by atoms with van der Waals surface area (Å²) in [6.07, 6.45) is 2.03. The van der Waals surface area contributed by atoms with Crippen LogP contribution in [0.3, 0.4) is 0 Å². The minimum Gasteiger partial charge on any atom is -0.398 e. The lowest BCUT2D eigenvalue weighted by atomic mass is 9.85. The molecule has 1 fully saturated rings. The maximum Gasteiger partial charge on any atom is 0.278 e. The van der Waals surface area contributed by atoms with E-state index in [1.54, 1.807) is 10.3 Å². The first-order chi connectivity index (χ1) is 13.5. The van der Waals surface area contributed by atoms with Gasteiger partial charge in [-0.2, -0.15) is 0 Å². The number of thiazole rings is 1. The van der Waals surface area contributed by atoms with Gasteiger partial charge in [-0.05, 0) is 18.4 Å². The summed E-state index contributed by atoms with van der Waals surface area (Å²) in [7, 11) is 1.36. The normalized spacial score (nSPS) is 16.5. The molecule has 1 aliphatic heterocycles.